The zero-order valence-electron chi connectivity index (χ0n) is 14.0. The maximum Gasteiger partial charge on any atom is 0.109 e. The molecule has 0 heterocycles. The van der Waals surface area contributed by atoms with E-state index in [1.165, 1.54) is 0 Å². The molecule has 0 saturated carbocycles. The van der Waals surface area contributed by atoms with E-state index in [2.05, 4.69) is 0 Å². The van der Waals surface area contributed by atoms with Gasteiger partial charge < -0.3 is 15.0 Å². The monoisotopic (exact) mass is 326 g/mol. The summed E-state index contributed by atoms with van der Waals surface area (Å²) in [7, 11) is 0. The minimum Gasteiger partial charge on any atom is -0.547 e. The van der Waals surface area contributed by atoms with Crippen LogP contribution >= 0.6 is 0 Å². The second kappa shape index (κ2) is 9.21. The molecule has 0 unspecified atom stereocenters. The number of benzene rings is 2. The molecule has 24 heavy (non-hydrogen) atoms. The number of carboxylic acid groups (broad SMARTS) is 1. The highest BCUT2D eigenvalue weighted by Gasteiger charge is 2.26. The smallest absolute Gasteiger partial charge is 0.109 e. The van der Waals surface area contributed by atoms with Crippen LogP contribution < -0.4 is 5.11 Å². The summed E-state index contributed by atoms with van der Waals surface area (Å²) in [5, 5.41) is 21.4. The van der Waals surface area contributed by atoms with E-state index in [0.29, 0.717) is 19.5 Å². The molecule has 0 saturated heterocycles. The number of nitrogens with zero attached hydrogens (tertiary/aromatic N) is 1. The van der Waals surface area contributed by atoms with Gasteiger partial charge in [0.05, 0.1) is 5.97 Å². The van der Waals surface area contributed by atoms with Crippen LogP contribution in [0.15, 0.2) is 60.7 Å². The van der Waals surface area contributed by atoms with Gasteiger partial charge >= 0.3 is 0 Å². The summed E-state index contributed by atoms with van der Waals surface area (Å²) in [6, 6.07) is 19.3. The highest BCUT2D eigenvalue weighted by atomic mass is 16.4. The average Bonchev–Trinajstić information content (AvgIpc) is 2.60. The fraction of sp³-hybridized carbons (Fsp3) is 0.350. The summed E-state index contributed by atoms with van der Waals surface area (Å²) in [6.07, 6.45) is -0.124. The van der Waals surface area contributed by atoms with Crippen LogP contribution in [0.4, 0.5) is 0 Å². The van der Waals surface area contributed by atoms with Gasteiger partial charge in [0, 0.05) is 19.1 Å². The number of carbonyl (C=O) groups is 1. The summed E-state index contributed by atoms with van der Waals surface area (Å²) in [5.74, 6) is -1.42. The molecule has 0 aromatic heterocycles. The topological polar surface area (TPSA) is 63.6 Å². The number of carbonyl (C=O) groups excluding carboxylic acids is 1. The SMILES string of the molecule is CCC[C@@H]([C@H](O)C(=O)[O-])N(Cc1ccccc1)Cc1ccccc1. The van der Waals surface area contributed by atoms with Crippen molar-refractivity contribution >= 4 is 5.97 Å². The lowest BCUT2D eigenvalue weighted by Crippen LogP contribution is -2.51. The van der Waals surface area contributed by atoms with Crippen LogP contribution in [0.5, 0.6) is 0 Å². The molecule has 4 heteroatoms. The molecule has 0 spiro atoms. The molecule has 2 rings (SSSR count). The predicted molar refractivity (Wildman–Crippen MR) is 91.8 cm³/mol. The molecule has 2 aromatic carbocycles. The largest absolute Gasteiger partial charge is 0.547 e. The molecule has 0 aliphatic heterocycles. The zero-order valence-corrected chi connectivity index (χ0v) is 14.0. The van der Waals surface area contributed by atoms with Crippen LogP contribution in [-0.4, -0.2) is 28.1 Å². The Bertz CT molecular complexity index is 574. The molecule has 0 radical (unpaired) electrons. The number of rotatable bonds is 9. The number of hydrogen-bond donors (Lipinski definition) is 1. The predicted octanol–water partition coefficient (Wildman–Crippen LogP) is 1.97. The second-order valence-corrected chi connectivity index (χ2v) is 6.00. The van der Waals surface area contributed by atoms with Crippen molar-refractivity contribution < 1.29 is 15.0 Å². The number of hydrogen-bond acceptors (Lipinski definition) is 4. The van der Waals surface area contributed by atoms with E-state index >= 15 is 0 Å². The highest BCUT2D eigenvalue weighted by molar-refractivity contribution is 5.70. The standard InChI is InChI=1S/C20H25NO3/c1-2-9-18(19(22)20(23)24)21(14-16-10-5-3-6-11-16)15-17-12-7-4-8-13-17/h3-8,10-13,18-19,22H,2,9,14-15H2,1H3,(H,23,24)/p-1/t18-,19-/m0/s1. The summed E-state index contributed by atoms with van der Waals surface area (Å²) >= 11 is 0. The molecule has 0 amide bonds. The van der Waals surface area contributed by atoms with Crippen LogP contribution in [0.2, 0.25) is 0 Å². The van der Waals surface area contributed by atoms with E-state index < -0.39 is 18.1 Å². The van der Waals surface area contributed by atoms with Crippen LogP contribution in [-0.2, 0) is 17.9 Å². The first-order valence-electron chi connectivity index (χ1n) is 8.32. The van der Waals surface area contributed by atoms with E-state index in [0.717, 1.165) is 17.5 Å². The second-order valence-electron chi connectivity index (χ2n) is 6.00. The Balaban J connectivity index is 2.26. The first kappa shape index (κ1) is 18.2. The van der Waals surface area contributed by atoms with E-state index in [9.17, 15) is 15.0 Å². The number of aliphatic hydroxyl groups is 1. The quantitative estimate of drug-likeness (QED) is 0.765. The molecule has 1 N–H and O–H groups in total. The first-order valence-corrected chi connectivity index (χ1v) is 8.32. The highest BCUT2D eigenvalue weighted by Crippen LogP contribution is 2.19. The number of carboxylic acids is 1. The normalized spacial score (nSPS) is 13.6. The van der Waals surface area contributed by atoms with Gasteiger partial charge in [-0.15, -0.1) is 0 Å². The minimum absolute atomic E-state index is 0.486. The lowest BCUT2D eigenvalue weighted by Gasteiger charge is -2.35. The Morgan fingerprint density at radius 1 is 1.00 bits per heavy atom. The van der Waals surface area contributed by atoms with E-state index in [1.807, 2.05) is 72.5 Å². The molecule has 0 aliphatic carbocycles. The van der Waals surface area contributed by atoms with Gasteiger partial charge in [0.2, 0.25) is 0 Å². The Hall–Kier alpha value is -2.17. The van der Waals surface area contributed by atoms with Crippen molar-refractivity contribution in [3.05, 3.63) is 71.8 Å². The Kier molecular flexibility index (Phi) is 6.97. The zero-order chi connectivity index (χ0) is 17.4. The molecule has 0 fully saturated rings. The van der Waals surface area contributed by atoms with Gasteiger partial charge in [-0.25, -0.2) is 0 Å². The van der Waals surface area contributed by atoms with Crippen LogP contribution in [0.1, 0.15) is 30.9 Å². The molecule has 0 aliphatic rings. The fourth-order valence-electron chi connectivity index (χ4n) is 2.92. The third kappa shape index (κ3) is 5.18. The summed E-state index contributed by atoms with van der Waals surface area (Å²) in [4.78, 5) is 13.3. The molecule has 0 bridgehead atoms. The van der Waals surface area contributed by atoms with Crippen LogP contribution in [0, 0.1) is 0 Å². The van der Waals surface area contributed by atoms with E-state index in [4.69, 9.17) is 0 Å². The number of aliphatic carboxylic acids is 1. The molecule has 2 aromatic rings. The Labute approximate surface area is 143 Å². The summed E-state index contributed by atoms with van der Waals surface area (Å²) in [6.45, 7) is 3.13. The van der Waals surface area contributed by atoms with Gasteiger partial charge in [-0.3, -0.25) is 4.90 Å². The van der Waals surface area contributed by atoms with Gasteiger partial charge in [-0.1, -0.05) is 74.0 Å². The van der Waals surface area contributed by atoms with E-state index in [-0.39, 0.29) is 0 Å². The van der Waals surface area contributed by atoms with Gasteiger partial charge in [0.25, 0.3) is 0 Å². The minimum atomic E-state index is -1.50. The van der Waals surface area contributed by atoms with Crippen molar-refractivity contribution in [2.24, 2.45) is 0 Å². The summed E-state index contributed by atoms with van der Waals surface area (Å²) < 4.78 is 0. The lowest BCUT2D eigenvalue weighted by atomic mass is 10.0. The Morgan fingerprint density at radius 3 is 1.83 bits per heavy atom. The maximum absolute atomic E-state index is 11.2. The van der Waals surface area contributed by atoms with Gasteiger partial charge in [-0.05, 0) is 17.5 Å². The third-order valence-corrected chi connectivity index (χ3v) is 4.12. The lowest BCUT2D eigenvalue weighted by molar-refractivity contribution is -0.317. The number of aliphatic hydroxyl groups excluding tert-OH is 1. The van der Waals surface area contributed by atoms with Crippen molar-refractivity contribution in [2.75, 3.05) is 0 Å². The molecular weight excluding hydrogens is 302 g/mol. The van der Waals surface area contributed by atoms with Gasteiger partial charge in [0.1, 0.15) is 6.10 Å². The first-order chi connectivity index (χ1) is 11.6. The molecule has 128 valence electrons. The fourth-order valence-corrected chi connectivity index (χ4v) is 2.92. The van der Waals surface area contributed by atoms with E-state index in [1.54, 1.807) is 0 Å². The van der Waals surface area contributed by atoms with Gasteiger partial charge in [-0.2, -0.15) is 0 Å². The third-order valence-electron chi connectivity index (χ3n) is 4.12. The van der Waals surface area contributed by atoms with Crippen molar-refractivity contribution in [1.29, 1.82) is 0 Å². The van der Waals surface area contributed by atoms with Crippen molar-refractivity contribution in [1.82, 2.24) is 4.90 Å². The van der Waals surface area contributed by atoms with Crippen molar-refractivity contribution in [3.8, 4) is 0 Å². The summed E-state index contributed by atoms with van der Waals surface area (Å²) in [5.41, 5.74) is 2.17. The average molecular weight is 326 g/mol. The maximum atomic E-state index is 11.2. The van der Waals surface area contributed by atoms with Crippen LogP contribution in [0.3, 0.4) is 0 Å². The van der Waals surface area contributed by atoms with Crippen molar-refractivity contribution in [3.63, 3.8) is 0 Å². The molecular formula is C20H24NO3-. The van der Waals surface area contributed by atoms with Crippen LogP contribution in [0.25, 0.3) is 0 Å². The molecule has 4 nitrogen and oxygen atoms in total. The molecule has 2 atom stereocenters. The van der Waals surface area contributed by atoms with Crippen molar-refractivity contribution in [2.45, 2.75) is 45.0 Å². The van der Waals surface area contributed by atoms with Gasteiger partial charge in [0.15, 0.2) is 0 Å². The Morgan fingerprint density at radius 2 is 1.46 bits per heavy atom.